The average molecular weight is 194 g/mol. The van der Waals surface area contributed by atoms with Crippen molar-refractivity contribution in [2.45, 2.75) is 6.92 Å². The standard InChI is InChI=1S/C10H8ClNO/c1-7-12-10(11)9(13-7)8-5-3-2-4-6-8/h2-6H,1H3. The molecule has 13 heavy (non-hydrogen) atoms. The van der Waals surface area contributed by atoms with Crippen molar-refractivity contribution >= 4 is 11.6 Å². The number of nitrogens with zero attached hydrogens (tertiary/aromatic N) is 1. The Morgan fingerprint density at radius 2 is 1.92 bits per heavy atom. The molecule has 66 valence electrons. The van der Waals surface area contributed by atoms with Crippen molar-refractivity contribution < 1.29 is 4.42 Å². The molecule has 0 aliphatic rings. The first kappa shape index (κ1) is 8.32. The van der Waals surface area contributed by atoms with Gasteiger partial charge in [0.25, 0.3) is 0 Å². The molecular weight excluding hydrogens is 186 g/mol. The number of hydrogen-bond acceptors (Lipinski definition) is 2. The minimum Gasteiger partial charge on any atom is -0.439 e. The summed E-state index contributed by atoms with van der Waals surface area (Å²) in [5.74, 6) is 1.23. The SMILES string of the molecule is Cc1nc(Cl)c(-c2ccccc2)o1. The zero-order valence-electron chi connectivity index (χ0n) is 7.12. The van der Waals surface area contributed by atoms with Crippen molar-refractivity contribution in [2.24, 2.45) is 0 Å². The van der Waals surface area contributed by atoms with Crippen LogP contribution in [0.15, 0.2) is 34.7 Å². The van der Waals surface area contributed by atoms with Crippen LogP contribution in [0, 0.1) is 6.92 Å². The molecule has 0 atom stereocenters. The summed E-state index contributed by atoms with van der Waals surface area (Å²) in [7, 11) is 0. The lowest BCUT2D eigenvalue weighted by Crippen LogP contribution is -1.72. The summed E-state index contributed by atoms with van der Waals surface area (Å²) in [6.45, 7) is 1.78. The van der Waals surface area contributed by atoms with Crippen molar-refractivity contribution in [2.75, 3.05) is 0 Å². The summed E-state index contributed by atoms with van der Waals surface area (Å²) in [4.78, 5) is 3.99. The second-order valence-corrected chi connectivity index (χ2v) is 3.08. The molecule has 3 heteroatoms. The van der Waals surface area contributed by atoms with Crippen LogP contribution in [0.3, 0.4) is 0 Å². The number of hydrogen-bond donors (Lipinski definition) is 0. The lowest BCUT2D eigenvalue weighted by atomic mass is 10.2. The third-order valence-electron chi connectivity index (χ3n) is 1.73. The normalized spacial score (nSPS) is 10.3. The van der Waals surface area contributed by atoms with Crippen LogP contribution in [-0.4, -0.2) is 4.98 Å². The largest absolute Gasteiger partial charge is 0.439 e. The van der Waals surface area contributed by atoms with E-state index in [1.54, 1.807) is 6.92 Å². The Bertz CT molecular complexity index is 408. The Kier molecular flexibility index (Phi) is 2.07. The van der Waals surface area contributed by atoms with Crippen molar-refractivity contribution in [1.29, 1.82) is 0 Å². The predicted octanol–water partition coefficient (Wildman–Crippen LogP) is 3.30. The lowest BCUT2D eigenvalue weighted by molar-refractivity contribution is 0.534. The van der Waals surface area contributed by atoms with E-state index in [0.717, 1.165) is 5.56 Å². The maximum absolute atomic E-state index is 5.87. The molecule has 0 fully saturated rings. The van der Waals surface area contributed by atoms with Crippen LogP contribution < -0.4 is 0 Å². The number of aryl methyl sites for hydroxylation is 1. The fraction of sp³-hybridized carbons (Fsp3) is 0.100. The highest BCUT2D eigenvalue weighted by Gasteiger charge is 2.09. The first-order chi connectivity index (χ1) is 6.27. The van der Waals surface area contributed by atoms with Gasteiger partial charge in [0, 0.05) is 12.5 Å². The van der Waals surface area contributed by atoms with Gasteiger partial charge in [0.1, 0.15) is 0 Å². The Hall–Kier alpha value is -1.28. The Labute approximate surface area is 81.2 Å². The van der Waals surface area contributed by atoms with Crippen LogP contribution in [0.4, 0.5) is 0 Å². The van der Waals surface area contributed by atoms with Gasteiger partial charge in [-0.3, -0.25) is 0 Å². The first-order valence-corrected chi connectivity index (χ1v) is 4.33. The van der Waals surface area contributed by atoms with E-state index in [9.17, 15) is 0 Å². The molecule has 0 spiro atoms. The minimum absolute atomic E-state index is 0.420. The van der Waals surface area contributed by atoms with Gasteiger partial charge in [-0.15, -0.1) is 0 Å². The number of benzene rings is 1. The Morgan fingerprint density at radius 1 is 1.23 bits per heavy atom. The molecule has 2 nitrogen and oxygen atoms in total. The van der Waals surface area contributed by atoms with E-state index in [0.29, 0.717) is 16.8 Å². The summed E-state index contributed by atoms with van der Waals surface area (Å²) in [5, 5.41) is 0.420. The summed E-state index contributed by atoms with van der Waals surface area (Å²) in [5.41, 5.74) is 0.952. The van der Waals surface area contributed by atoms with Crippen LogP contribution >= 0.6 is 11.6 Å². The number of rotatable bonds is 1. The summed E-state index contributed by atoms with van der Waals surface area (Å²) in [6, 6.07) is 9.69. The fourth-order valence-corrected chi connectivity index (χ4v) is 1.44. The van der Waals surface area contributed by atoms with Crippen LogP contribution in [0.2, 0.25) is 5.15 Å². The predicted molar refractivity (Wildman–Crippen MR) is 51.7 cm³/mol. The first-order valence-electron chi connectivity index (χ1n) is 3.96. The molecule has 0 radical (unpaired) electrons. The molecule has 1 aromatic carbocycles. The quantitative estimate of drug-likeness (QED) is 0.695. The zero-order chi connectivity index (χ0) is 9.26. The molecule has 0 aliphatic carbocycles. The second kappa shape index (κ2) is 3.23. The Balaban J connectivity index is 2.53. The average Bonchev–Trinajstić information content (AvgIpc) is 2.47. The van der Waals surface area contributed by atoms with Gasteiger partial charge in [-0.05, 0) is 0 Å². The molecule has 0 amide bonds. The third-order valence-corrected chi connectivity index (χ3v) is 1.98. The highest BCUT2D eigenvalue weighted by atomic mass is 35.5. The van der Waals surface area contributed by atoms with E-state index < -0.39 is 0 Å². The van der Waals surface area contributed by atoms with Crippen LogP contribution in [-0.2, 0) is 0 Å². The molecule has 0 saturated heterocycles. The third kappa shape index (κ3) is 1.58. The summed E-state index contributed by atoms with van der Waals surface area (Å²) < 4.78 is 5.36. The maximum atomic E-state index is 5.87. The molecule has 2 aromatic rings. The minimum atomic E-state index is 0.420. The van der Waals surface area contributed by atoms with E-state index in [2.05, 4.69) is 4.98 Å². The Morgan fingerprint density at radius 3 is 2.46 bits per heavy atom. The topological polar surface area (TPSA) is 26.0 Å². The zero-order valence-corrected chi connectivity index (χ0v) is 7.88. The smallest absolute Gasteiger partial charge is 0.193 e. The van der Waals surface area contributed by atoms with Gasteiger partial charge < -0.3 is 4.42 Å². The van der Waals surface area contributed by atoms with E-state index in [1.165, 1.54) is 0 Å². The highest BCUT2D eigenvalue weighted by Crippen LogP contribution is 2.27. The maximum Gasteiger partial charge on any atom is 0.193 e. The lowest BCUT2D eigenvalue weighted by Gasteiger charge is -1.94. The molecule has 2 rings (SSSR count). The molecule has 0 saturated carbocycles. The van der Waals surface area contributed by atoms with Crippen molar-refractivity contribution in [3.05, 3.63) is 41.4 Å². The molecular formula is C10H8ClNO. The molecule has 0 N–H and O–H groups in total. The van der Waals surface area contributed by atoms with Crippen molar-refractivity contribution in [3.8, 4) is 11.3 Å². The van der Waals surface area contributed by atoms with E-state index in [1.807, 2.05) is 30.3 Å². The van der Waals surface area contributed by atoms with Gasteiger partial charge in [-0.2, -0.15) is 0 Å². The number of aromatic nitrogens is 1. The van der Waals surface area contributed by atoms with E-state index in [4.69, 9.17) is 16.0 Å². The van der Waals surface area contributed by atoms with Gasteiger partial charge in [-0.25, -0.2) is 4.98 Å². The van der Waals surface area contributed by atoms with Crippen LogP contribution in [0.25, 0.3) is 11.3 Å². The highest BCUT2D eigenvalue weighted by molar-refractivity contribution is 6.31. The fourth-order valence-electron chi connectivity index (χ4n) is 1.17. The van der Waals surface area contributed by atoms with Crippen LogP contribution in [0.1, 0.15) is 5.89 Å². The summed E-state index contributed by atoms with van der Waals surface area (Å²) >= 11 is 5.87. The molecule has 0 aliphatic heterocycles. The molecule has 1 aromatic heterocycles. The number of oxazole rings is 1. The van der Waals surface area contributed by atoms with Gasteiger partial charge in [-0.1, -0.05) is 41.9 Å². The molecule has 0 bridgehead atoms. The van der Waals surface area contributed by atoms with Crippen molar-refractivity contribution in [3.63, 3.8) is 0 Å². The van der Waals surface area contributed by atoms with Gasteiger partial charge in [0.15, 0.2) is 16.8 Å². The van der Waals surface area contributed by atoms with Gasteiger partial charge in [0.05, 0.1) is 0 Å². The van der Waals surface area contributed by atoms with Crippen molar-refractivity contribution in [1.82, 2.24) is 4.98 Å². The second-order valence-electron chi connectivity index (χ2n) is 2.72. The van der Waals surface area contributed by atoms with E-state index in [-0.39, 0.29) is 0 Å². The summed E-state index contributed by atoms with van der Waals surface area (Å²) in [6.07, 6.45) is 0. The molecule has 1 heterocycles. The monoisotopic (exact) mass is 193 g/mol. The van der Waals surface area contributed by atoms with E-state index >= 15 is 0 Å². The van der Waals surface area contributed by atoms with Crippen LogP contribution in [0.5, 0.6) is 0 Å². The number of halogens is 1. The van der Waals surface area contributed by atoms with Gasteiger partial charge >= 0.3 is 0 Å². The van der Waals surface area contributed by atoms with Gasteiger partial charge in [0.2, 0.25) is 0 Å². The molecule has 0 unspecified atom stereocenters.